The van der Waals surface area contributed by atoms with Crippen LogP contribution in [0.5, 0.6) is 0 Å². The van der Waals surface area contributed by atoms with Crippen molar-refractivity contribution in [2.45, 2.75) is 6.17 Å². The highest BCUT2D eigenvalue weighted by Crippen LogP contribution is 2.02. The van der Waals surface area contributed by atoms with Crippen molar-refractivity contribution in [2.75, 3.05) is 45.9 Å². The zero-order valence-corrected chi connectivity index (χ0v) is 7.38. The Morgan fingerprint density at radius 2 is 2.00 bits per heavy atom. The first-order valence-electron chi connectivity index (χ1n) is 4.73. The number of hydrogen-bond donors (Lipinski definition) is 2. The van der Waals surface area contributed by atoms with Gasteiger partial charge in [0.25, 0.3) is 0 Å². The number of nitrogens with zero attached hydrogens (tertiary/aromatic N) is 1. The van der Waals surface area contributed by atoms with Crippen molar-refractivity contribution in [1.29, 1.82) is 0 Å². The maximum Gasteiger partial charge on any atom is 0.0840 e. The van der Waals surface area contributed by atoms with Gasteiger partial charge in [0.2, 0.25) is 0 Å². The Kier molecular flexibility index (Phi) is 2.94. The lowest BCUT2D eigenvalue weighted by Gasteiger charge is -2.37. The molecule has 2 aliphatic heterocycles. The average Bonchev–Trinajstić information content (AvgIpc) is 2.21. The lowest BCUT2D eigenvalue weighted by atomic mass is 10.3. The molecule has 2 saturated heterocycles. The molecule has 0 aromatic carbocycles. The molecule has 2 aliphatic rings. The van der Waals surface area contributed by atoms with Gasteiger partial charge in [-0.15, -0.1) is 0 Å². The van der Waals surface area contributed by atoms with Gasteiger partial charge in [-0.3, -0.25) is 10.2 Å². The summed E-state index contributed by atoms with van der Waals surface area (Å²) in [5, 5.41) is 6.81. The Balaban J connectivity index is 1.80. The zero-order chi connectivity index (χ0) is 8.23. The van der Waals surface area contributed by atoms with Crippen LogP contribution < -0.4 is 10.6 Å². The third-order valence-corrected chi connectivity index (χ3v) is 2.49. The fraction of sp³-hybridized carbons (Fsp3) is 1.00. The van der Waals surface area contributed by atoms with Crippen LogP contribution in [-0.4, -0.2) is 57.0 Å². The van der Waals surface area contributed by atoms with Gasteiger partial charge in [0.15, 0.2) is 0 Å². The summed E-state index contributed by atoms with van der Waals surface area (Å²) in [7, 11) is 0. The van der Waals surface area contributed by atoms with Gasteiger partial charge in [-0.05, 0) is 0 Å². The Morgan fingerprint density at radius 3 is 2.67 bits per heavy atom. The third-order valence-electron chi connectivity index (χ3n) is 2.49. The van der Waals surface area contributed by atoms with E-state index in [0.29, 0.717) is 6.17 Å². The predicted molar refractivity (Wildman–Crippen MR) is 47.1 cm³/mol. The monoisotopic (exact) mass is 171 g/mol. The summed E-state index contributed by atoms with van der Waals surface area (Å²) >= 11 is 0. The minimum atomic E-state index is 0.459. The van der Waals surface area contributed by atoms with E-state index in [9.17, 15) is 0 Å². The largest absolute Gasteiger partial charge is 0.377 e. The minimum Gasteiger partial charge on any atom is -0.377 e. The quantitative estimate of drug-likeness (QED) is 0.522. The molecule has 0 saturated carbocycles. The second kappa shape index (κ2) is 4.18. The highest BCUT2D eigenvalue weighted by atomic mass is 16.5. The van der Waals surface area contributed by atoms with Crippen molar-refractivity contribution < 1.29 is 4.74 Å². The molecule has 0 spiro atoms. The van der Waals surface area contributed by atoms with Crippen LogP contribution in [0, 0.1) is 0 Å². The maximum atomic E-state index is 5.41. The van der Waals surface area contributed by atoms with Crippen molar-refractivity contribution in [1.82, 2.24) is 15.5 Å². The van der Waals surface area contributed by atoms with E-state index in [1.165, 1.54) is 0 Å². The van der Waals surface area contributed by atoms with Crippen LogP contribution in [0.1, 0.15) is 0 Å². The number of ether oxygens (including phenoxy) is 1. The van der Waals surface area contributed by atoms with Gasteiger partial charge in [0.1, 0.15) is 0 Å². The molecule has 0 amide bonds. The van der Waals surface area contributed by atoms with Crippen molar-refractivity contribution >= 4 is 0 Å². The van der Waals surface area contributed by atoms with Gasteiger partial charge in [0.05, 0.1) is 19.4 Å². The predicted octanol–water partition coefficient (Wildman–Crippen LogP) is -1.16. The van der Waals surface area contributed by atoms with Crippen LogP contribution >= 0.6 is 0 Å². The first kappa shape index (κ1) is 8.44. The summed E-state index contributed by atoms with van der Waals surface area (Å²) in [6.45, 7) is 7.20. The van der Waals surface area contributed by atoms with Crippen LogP contribution in [0.2, 0.25) is 0 Å². The second-order valence-corrected chi connectivity index (χ2v) is 3.33. The molecule has 2 heterocycles. The third kappa shape index (κ3) is 1.95. The van der Waals surface area contributed by atoms with E-state index in [0.717, 1.165) is 45.9 Å². The molecule has 2 rings (SSSR count). The van der Waals surface area contributed by atoms with Crippen molar-refractivity contribution in [3.05, 3.63) is 0 Å². The maximum absolute atomic E-state index is 5.41. The molecule has 4 nitrogen and oxygen atoms in total. The summed E-state index contributed by atoms with van der Waals surface area (Å²) in [4.78, 5) is 2.45. The molecule has 0 radical (unpaired) electrons. The SMILES string of the molecule is C1CN(C2COCCN2)CCN1. The molecule has 0 bridgehead atoms. The summed E-state index contributed by atoms with van der Waals surface area (Å²) in [6.07, 6.45) is 0.459. The molecule has 4 heteroatoms. The van der Waals surface area contributed by atoms with E-state index in [4.69, 9.17) is 4.74 Å². The van der Waals surface area contributed by atoms with E-state index in [2.05, 4.69) is 15.5 Å². The number of morpholine rings is 1. The summed E-state index contributed by atoms with van der Waals surface area (Å²) < 4.78 is 5.41. The van der Waals surface area contributed by atoms with E-state index in [-0.39, 0.29) is 0 Å². The molecule has 70 valence electrons. The van der Waals surface area contributed by atoms with Crippen LogP contribution in [0.4, 0.5) is 0 Å². The number of nitrogens with one attached hydrogen (secondary N) is 2. The van der Waals surface area contributed by atoms with Crippen LogP contribution in [0.3, 0.4) is 0 Å². The Morgan fingerprint density at radius 1 is 1.17 bits per heavy atom. The summed E-state index contributed by atoms with van der Waals surface area (Å²) in [5.74, 6) is 0. The average molecular weight is 171 g/mol. The highest BCUT2D eigenvalue weighted by molar-refractivity contribution is 4.76. The van der Waals surface area contributed by atoms with E-state index in [1.807, 2.05) is 0 Å². The number of hydrogen-bond acceptors (Lipinski definition) is 4. The van der Waals surface area contributed by atoms with Gasteiger partial charge >= 0.3 is 0 Å². The van der Waals surface area contributed by atoms with Gasteiger partial charge in [-0.1, -0.05) is 0 Å². The number of rotatable bonds is 1. The zero-order valence-electron chi connectivity index (χ0n) is 7.38. The first-order chi connectivity index (χ1) is 5.97. The molecule has 1 atom stereocenters. The normalized spacial score (nSPS) is 33.5. The highest BCUT2D eigenvalue weighted by Gasteiger charge is 2.21. The smallest absolute Gasteiger partial charge is 0.0840 e. The Bertz CT molecular complexity index is 114. The second-order valence-electron chi connectivity index (χ2n) is 3.33. The van der Waals surface area contributed by atoms with Crippen molar-refractivity contribution in [3.8, 4) is 0 Å². The molecule has 2 fully saturated rings. The van der Waals surface area contributed by atoms with Crippen LogP contribution in [0.15, 0.2) is 0 Å². The molecular weight excluding hydrogens is 154 g/mol. The van der Waals surface area contributed by atoms with E-state index in [1.54, 1.807) is 0 Å². The molecule has 2 N–H and O–H groups in total. The van der Waals surface area contributed by atoms with Gasteiger partial charge in [0, 0.05) is 32.7 Å². The molecule has 0 aromatic heterocycles. The molecule has 1 unspecified atom stereocenters. The van der Waals surface area contributed by atoms with E-state index >= 15 is 0 Å². The Labute approximate surface area is 73.3 Å². The molecule has 0 aromatic rings. The first-order valence-corrected chi connectivity index (χ1v) is 4.73. The van der Waals surface area contributed by atoms with Crippen molar-refractivity contribution in [2.24, 2.45) is 0 Å². The molecule has 0 aliphatic carbocycles. The summed E-state index contributed by atoms with van der Waals surface area (Å²) in [6, 6.07) is 0. The molecule has 12 heavy (non-hydrogen) atoms. The topological polar surface area (TPSA) is 36.5 Å². The molecular formula is C8H17N3O. The Hall–Kier alpha value is -0.160. The lowest BCUT2D eigenvalue weighted by Crippen LogP contribution is -2.57. The summed E-state index contributed by atoms with van der Waals surface area (Å²) in [5.41, 5.74) is 0. The minimum absolute atomic E-state index is 0.459. The lowest BCUT2D eigenvalue weighted by molar-refractivity contribution is 0.00480. The van der Waals surface area contributed by atoms with Crippen molar-refractivity contribution in [3.63, 3.8) is 0 Å². The van der Waals surface area contributed by atoms with Crippen LogP contribution in [-0.2, 0) is 4.74 Å². The van der Waals surface area contributed by atoms with Gasteiger partial charge in [-0.2, -0.15) is 0 Å². The standard InChI is InChI=1S/C8H17N3O/c1-4-11(5-2-9-1)8-7-12-6-3-10-8/h8-10H,1-7H2. The number of piperazine rings is 1. The fourth-order valence-electron chi connectivity index (χ4n) is 1.78. The van der Waals surface area contributed by atoms with Gasteiger partial charge in [-0.25, -0.2) is 0 Å². The fourth-order valence-corrected chi connectivity index (χ4v) is 1.78. The van der Waals surface area contributed by atoms with E-state index < -0.39 is 0 Å². The van der Waals surface area contributed by atoms with Crippen LogP contribution in [0.25, 0.3) is 0 Å². The van der Waals surface area contributed by atoms with Gasteiger partial charge < -0.3 is 10.1 Å².